The third kappa shape index (κ3) is 3.41. The van der Waals surface area contributed by atoms with E-state index >= 15 is 0 Å². The third-order valence-corrected chi connectivity index (χ3v) is 2.97. The Morgan fingerprint density at radius 1 is 1.14 bits per heavy atom. The van der Waals surface area contributed by atoms with Crippen molar-refractivity contribution < 1.29 is 18.9 Å². The van der Waals surface area contributed by atoms with Gasteiger partial charge in [-0.15, -0.1) is 0 Å². The summed E-state index contributed by atoms with van der Waals surface area (Å²) in [5, 5.41) is 6.18. The SMILES string of the molecule is NC(=O)C(NC(=O)c1cc(-c2ccc(Cl)cc2)on1)C(N)=O. The molecule has 5 N–H and O–H groups in total. The molecule has 1 aromatic carbocycles. The quantitative estimate of drug-likeness (QED) is 0.667. The Kier molecular flexibility index (Phi) is 4.42. The molecule has 0 aliphatic heterocycles. The zero-order valence-corrected chi connectivity index (χ0v) is 11.8. The lowest BCUT2D eigenvalue weighted by Crippen LogP contribution is -2.52. The lowest BCUT2D eigenvalue weighted by atomic mass is 10.1. The first-order valence-electron chi connectivity index (χ1n) is 6.00. The van der Waals surface area contributed by atoms with Crippen LogP contribution in [0.2, 0.25) is 5.02 Å². The molecule has 0 aliphatic rings. The average Bonchev–Trinajstić information content (AvgIpc) is 2.94. The van der Waals surface area contributed by atoms with Gasteiger partial charge in [0.25, 0.3) is 5.91 Å². The van der Waals surface area contributed by atoms with E-state index in [0.717, 1.165) is 0 Å². The van der Waals surface area contributed by atoms with Crippen LogP contribution in [0.15, 0.2) is 34.9 Å². The van der Waals surface area contributed by atoms with E-state index < -0.39 is 23.8 Å². The first-order valence-corrected chi connectivity index (χ1v) is 6.38. The van der Waals surface area contributed by atoms with E-state index in [2.05, 4.69) is 10.5 Å². The number of benzene rings is 1. The Balaban J connectivity index is 2.17. The number of nitrogens with two attached hydrogens (primary N) is 2. The molecule has 0 radical (unpaired) electrons. The van der Waals surface area contributed by atoms with Gasteiger partial charge in [0, 0.05) is 16.7 Å². The minimum absolute atomic E-state index is 0.127. The number of primary amides is 2. The van der Waals surface area contributed by atoms with Crippen LogP contribution >= 0.6 is 11.6 Å². The van der Waals surface area contributed by atoms with Crippen molar-refractivity contribution in [2.24, 2.45) is 11.5 Å². The highest BCUT2D eigenvalue weighted by molar-refractivity contribution is 6.30. The van der Waals surface area contributed by atoms with Gasteiger partial charge >= 0.3 is 0 Å². The molecule has 0 saturated heterocycles. The van der Waals surface area contributed by atoms with Crippen molar-refractivity contribution in [3.63, 3.8) is 0 Å². The van der Waals surface area contributed by atoms with Gasteiger partial charge in [0.05, 0.1) is 0 Å². The number of aromatic nitrogens is 1. The van der Waals surface area contributed by atoms with Gasteiger partial charge in [0.1, 0.15) is 0 Å². The van der Waals surface area contributed by atoms with E-state index in [9.17, 15) is 14.4 Å². The summed E-state index contributed by atoms with van der Waals surface area (Å²) < 4.78 is 5.03. The van der Waals surface area contributed by atoms with Crippen LogP contribution in [0.5, 0.6) is 0 Å². The summed E-state index contributed by atoms with van der Waals surface area (Å²) >= 11 is 5.77. The maximum absolute atomic E-state index is 11.9. The minimum atomic E-state index is -1.62. The van der Waals surface area contributed by atoms with Gasteiger partial charge in [0.2, 0.25) is 11.8 Å². The van der Waals surface area contributed by atoms with Crippen LogP contribution < -0.4 is 16.8 Å². The van der Waals surface area contributed by atoms with E-state index in [4.69, 9.17) is 27.6 Å². The molecule has 1 heterocycles. The van der Waals surface area contributed by atoms with Gasteiger partial charge in [0.15, 0.2) is 17.5 Å². The number of carbonyl (C=O) groups is 3. The molecule has 0 fully saturated rings. The van der Waals surface area contributed by atoms with Gasteiger partial charge in [-0.3, -0.25) is 14.4 Å². The Hall–Kier alpha value is -2.87. The van der Waals surface area contributed by atoms with Crippen molar-refractivity contribution in [2.75, 3.05) is 0 Å². The van der Waals surface area contributed by atoms with E-state index in [1.165, 1.54) is 6.07 Å². The largest absolute Gasteiger partial charge is 0.367 e. The van der Waals surface area contributed by atoms with Crippen LogP contribution in [0.3, 0.4) is 0 Å². The fraction of sp³-hybridized carbons (Fsp3) is 0.0769. The summed E-state index contributed by atoms with van der Waals surface area (Å²) in [6.45, 7) is 0. The minimum Gasteiger partial charge on any atom is -0.367 e. The summed E-state index contributed by atoms with van der Waals surface area (Å²) in [6, 6.07) is 6.38. The van der Waals surface area contributed by atoms with Crippen molar-refractivity contribution in [1.29, 1.82) is 0 Å². The van der Waals surface area contributed by atoms with Crippen LogP contribution in [0.1, 0.15) is 10.5 Å². The van der Waals surface area contributed by atoms with E-state index in [1.54, 1.807) is 24.3 Å². The Morgan fingerprint density at radius 2 is 1.73 bits per heavy atom. The third-order valence-electron chi connectivity index (χ3n) is 2.72. The fourth-order valence-corrected chi connectivity index (χ4v) is 1.75. The summed E-state index contributed by atoms with van der Waals surface area (Å²) in [6.07, 6.45) is 0. The Labute approximate surface area is 129 Å². The molecule has 1 aromatic heterocycles. The molecule has 114 valence electrons. The van der Waals surface area contributed by atoms with Gasteiger partial charge in [-0.25, -0.2) is 0 Å². The van der Waals surface area contributed by atoms with Crippen molar-refractivity contribution in [3.05, 3.63) is 41.0 Å². The standard InChI is InChI=1S/C13H11ClN4O4/c14-7-3-1-6(2-4-7)9-5-8(18-22-9)13(21)17-10(11(15)19)12(16)20/h1-5,10H,(H2,15,19)(H2,16,20)(H,17,21). The van der Waals surface area contributed by atoms with Gasteiger partial charge in [-0.05, 0) is 24.3 Å². The van der Waals surface area contributed by atoms with Crippen LogP contribution in [0.25, 0.3) is 11.3 Å². The zero-order valence-electron chi connectivity index (χ0n) is 11.1. The van der Waals surface area contributed by atoms with Crippen LogP contribution in [0, 0.1) is 0 Å². The second kappa shape index (κ2) is 6.27. The van der Waals surface area contributed by atoms with Crippen molar-refractivity contribution in [3.8, 4) is 11.3 Å². The molecule has 0 spiro atoms. The molecule has 3 amide bonds. The molecule has 0 bridgehead atoms. The lowest BCUT2D eigenvalue weighted by Gasteiger charge is -2.09. The Bertz CT molecular complexity index is 712. The number of nitrogens with zero attached hydrogens (tertiary/aromatic N) is 1. The highest BCUT2D eigenvalue weighted by Gasteiger charge is 2.25. The summed E-state index contributed by atoms with van der Waals surface area (Å²) in [5.74, 6) is -2.63. The van der Waals surface area contributed by atoms with Gasteiger partial charge < -0.3 is 21.3 Å². The highest BCUT2D eigenvalue weighted by atomic mass is 35.5. The maximum atomic E-state index is 11.9. The molecule has 22 heavy (non-hydrogen) atoms. The molecule has 0 unspecified atom stereocenters. The molecule has 8 nitrogen and oxygen atoms in total. The molecule has 2 aromatic rings. The van der Waals surface area contributed by atoms with Crippen LogP contribution in [-0.2, 0) is 9.59 Å². The number of halogens is 1. The summed E-state index contributed by atoms with van der Waals surface area (Å²) in [4.78, 5) is 33.9. The topological polar surface area (TPSA) is 141 Å². The second-order valence-electron chi connectivity index (χ2n) is 4.29. The van der Waals surface area contributed by atoms with E-state index in [-0.39, 0.29) is 5.69 Å². The molecule has 2 rings (SSSR count). The van der Waals surface area contributed by atoms with E-state index in [1.807, 2.05) is 0 Å². The zero-order chi connectivity index (χ0) is 16.3. The number of carbonyl (C=O) groups excluding carboxylic acids is 3. The van der Waals surface area contributed by atoms with Crippen molar-refractivity contribution in [2.45, 2.75) is 6.04 Å². The fourth-order valence-electron chi connectivity index (χ4n) is 1.62. The molecular weight excluding hydrogens is 312 g/mol. The number of nitrogens with one attached hydrogen (secondary N) is 1. The molecule has 0 atom stereocenters. The smallest absolute Gasteiger partial charge is 0.274 e. The number of hydrogen-bond donors (Lipinski definition) is 3. The molecular formula is C13H11ClN4O4. The monoisotopic (exact) mass is 322 g/mol. The normalized spacial score (nSPS) is 10.5. The van der Waals surface area contributed by atoms with Crippen LogP contribution in [0.4, 0.5) is 0 Å². The van der Waals surface area contributed by atoms with Crippen molar-refractivity contribution >= 4 is 29.3 Å². The first kappa shape index (κ1) is 15.5. The molecule has 9 heteroatoms. The van der Waals surface area contributed by atoms with Gasteiger partial charge in [-0.1, -0.05) is 16.8 Å². The van der Waals surface area contributed by atoms with E-state index in [0.29, 0.717) is 16.3 Å². The first-order chi connectivity index (χ1) is 10.4. The second-order valence-corrected chi connectivity index (χ2v) is 4.73. The average molecular weight is 323 g/mol. The lowest BCUT2D eigenvalue weighted by molar-refractivity contribution is -0.128. The van der Waals surface area contributed by atoms with Gasteiger partial charge in [-0.2, -0.15) is 0 Å². The molecule has 0 aliphatic carbocycles. The predicted molar refractivity (Wildman–Crippen MR) is 76.6 cm³/mol. The molecule has 0 saturated carbocycles. The van der Waals surface area contributed by atoms with Crippen molar-refractivity contribution in [1.82, 2.24) is 10.5 Å². The number of rotatable bonds is 5. The maximum Gasteiger partial charge on any atom is 0.274 e. The number of hydrogen-bond acceptors (Lipinski definition) is 5. The summed E-state index contributed by atoms with van der Waals surface area (Å²) in [5.41, 5.74) is 10.5. The predicted octanol–water partition coefficient (Wildman–Crippen LogP) is 0.0640. The van der Waals surface area contributed by atoms with Crippen LogP contribution in [-0.4, -0.2) is 28.9 Å². The highest BCUT2D eigenvalue weighted by Crippen LogP contribution is 2.22. The Morgan fingerprint density at radius 3 is 2.27 bits per heavy atom. The number of amides is 3. The summed E-state index contributed by atoms with van der Waals surface area (Å²) in [7, 11) is 0.